The summed E-state index contributed by atoms with van der Waals surface area (Å²) in [6.07, 6.45) is 2.26. The number of carbonyl (C=O) groups excluding carboxylic acids is 1. The monoisotopic (exact) mass is 359 g/mol. The van der Waals surface area contributed by atoms with Gasteiger partial charge in [-0.1, -0.05) is 57.3 Å². The van der Waals surface area contributed by atoms with Crippen LogP contribution in [0.5, 0.6) is 0 Å². The molecule has 1 rings (SSSR count). The van der Waals surface area contributed by atoms with Gasteiger partial charge in [0.2, 0.25) is 5.91 Å². The third-order valence-electron chi connectivity index (χ3n) is 3.03. The predicted molar refractivity (Wildman–Crippen MR) is 102 cm³/mol. The molecule has 1 unspecified atom stereocenters. The number of hydrogen-bond donors (Lipinski definition) is 2. The highest BCUT2D eigenvalue weighted by Crippen LogP contribution is 2.25. The molecule has 0 aliphatic rings. The number of halogens is 2. The van der Waals surface area contributed by atoms with Crippen LogP contribution in [-0.4, -0.2) is 18.3 Å². The van der Waals surface area contributed by atoms with E-state index in [4.69, 9.17) is 28.9 Å². The Morgan fingerprint density at radius 2 is 1.96 bits per heavy atom. The molecule has 23 heavy (non-hydrogen) atoms. The van der Waals surface area contributed by atoms with E-state index in [1.807, 2.05) is 33.8 Å². The summed E-state index contributed by atoms with van der Waals surface area (Å²) in [5.41, 5.74) is 6.70. The van der Waals surface area contributed by atoms with Gasteiger partial charge in [0.1, 0.15) is 5.84 Å². The molecule has 0 spiro atoms. The topological polar surface area (TPSA) is 67.5 Å². The van der Waals surface area contributed by atoms with E-state index in [1.54, 1.807) is 12.1 Å². The summed E-state index contributed by atoms with van der Waals surface area (Å²) in [6, 6.07) is 5.31. The maximum absolute atomic E-state index is 11.6. The normalized spacial score (nSPS) is 12.2. The van der Waals surface area contributed by atoms with Crippen molar-refractivity contribution < 1.29 is 4.79 Å². The lowest BCUT2D eigenvalue weighted by Crippen LogP contribution is -2.28. The van der Waals surface area contributed by atoms with E-state index in [9.17, 15) is 4.79 Å². The van der Waals surface area contributed by atoms with Crippen molar-refractivity contribution in [3.8, 4) is 0 Å². The molecule has 0 heterocycles. The van der Waals surface area contributed by atoms with Crippen molar-refractivity contribution in [3.05, 3.63) is 28.2 Å². The molecule has 0 aromatic heterocycles. The highest BCUT2D eigenvalue weighted by Gasteiger charge is 2.09. The number of benzene rings is 1. The molecule has 6 heteroatoms. The molecule has 1 atom stereocenters. The third-order valence-corrected chi connectivity index (χ3v) is 3.77. The minimum atomic E-state index is -0.157. The van der Waals surface area contributed by atoms with Gasteiger partial charge in [-0.25, -0.2) is 4.99 Å². The second-order valence-corrected chi connectivity index (χ2v) is 5.76. The fourth-order valence-corrected chi connectivity index (χ4v) is 1.92. The van der Waals surface area contributed by atoms with Gasteiger partial charge in [-0.2, -0.15) is 0 Å². The Hall–Kier alpha value is -1.26. The number of carbonyl (C=O) groups is 1. The fourth-order valence-electron chi connectivity index (χ4n) is 1.62. The maximum atomic E-state index is 11.6. The standard InChI is InChI=1S/C15H21Cl2N3O.C2H6/c1-3-4-5-14(21)20-15(18)10(2)9-19-11-6-7-12(16)13(17)8-11;1-2/h6-8,10,19H,3-5,9H2,1-2H3,(H2,18,20,21);1-2H3. The van der Waals surface area contributed by atoms with Crippen LogP contribution in [0.3, 0.4) is 0 Å². The number of rotatable bonds is 7. The number of unbranched alkanes of at least 4 members (excludes halogenated alkanes) is 1. The molecular weight excluding hydrogens is 333 g/mol. The number of aliphatic imine (C=N–C) groups is 1. The van der Waals surface area contributed by atoms with Crippen molar-refractivity contribution in [3.63, 3.8) is 0 Å². The van der Waals surface area contributed by atoms with Crippen LogP contribution in [-0.2, 0) is 4.79 Å². The van der Waals surface area contributed by atoms with Gasteiger partial charge < -0.3 is 11.1 Å². The third kappa shape index (κ3) is 8.82. The molecule has 0 radical (unpaired) electrons. The number of nitrogens with zero attached hydrogens (tertiary/aromatic N) is 1. The SMILES string of the molecule is CC.CCCCC(=O)N=C(N)C(C)CNc1ccc(Cl)c(Cl)c1. The van der Waals surface area contributed by atoms with Gasteiger partial charge in [0.25, 0.3) is 0 Å². The molecule has 1 aromatic carbocycles. The first-order chi connectivity index (χ1) is 10.9. The van der Waals surface area contributed by atoms with Gasteiger partial charge in [0.05, 0.1) is 10.0 Å². The van der Waals surface area contributed by atoms with Gasteiger partial charge in [0.15, 0.2) is 0 Å². The van der Waals surface area contributed by atoms with E-state index in [0.29, 0.717) is 28.8 Å². The van der Waals surface area contributed by atoms with Gasteiger partial charge in [-0.05, 0) is 24.6 Å². The van der Waals surface area contributed by atoms with Crippen LogP contribution in [0.2, 0.25) is 10.0 Å². The van der Waals surface area contributed by atoms with Crippen LogP contribution >= 0.6 is 23.2 Å². The molecule has 0 saturated carbocycles. The molecule has 0 aliphatic heterocycles. The van der Waals surface area contributed by atoms with Crippen LogP contribution in [0, 0.1) is 5.92 Å². The second kappa shape index (κ2) is 12.2. The first-order valence-electron chi connectivity index (χ1n) is 7.99. The van der Waals surface area contributed by atoms with Crippen LogP contribution < -0.4 is 11.1 Å². The average Bonchev–Trinajstić information content (AvgIpc) is 2.55. The summed E-state index contributed by atoms with van der Waals surface area (Å²) in [4.78, 5) is 15.5. The van der Waals surface area contributed by atoms with E-state index >= 15 is 0 Å². The Bertz CT molecular complexity index is 519. The van der Waals surface area contributed by atoms with Gasteiger partial charge in [-0.3, -0.25) is 4.79 Å². The summed E-state index contributed by atoms with van der Waals surface area (Å²) in [6.45, 7) is 8.51. The van der Waals surface area contributed by atoms with Crippen molar-refractivity contribution in [2.45, 2.75) is 47.0 Å². The maximum Gasteiger partial charge on any atom is 0.247 e. The number of amidine groups is 1. The molecule has 3 N–H and O–H groups in total. The molecular formula is C17H27Cl2N3O. The Balaban J connectivity index is 0.00000232. The molecule has 0 fully saturated rings. The van der Waals surface area contributed by atoms with E-state index in [1.165, 1.54) is 0 Å². The smallest absolute Gasteiger partial charge is 0.247 e. The predicted octanol–water partition coefficient (Wildman–Crippen LogP) is 5.14. The van der Waals surface area contributed by atoms with E-state index < -0.39 is 0 Å². The molecule has 0 bridgehead atoms. The molecule has 1 amide bonds. The van der Waals surface area contributed by atoms with Crippen LogP contribution in [0.4, 0.5) is 5.69 Å². The zero-order chi connectivity index (χ0) is 17.8. The molecule has 4 nitrogen and oxygen atoms in total. The van der Waals surface area contributed by atoms with Crippen LogP contribution in [0.25, 0.3) is 0 Å². The number of nitrogens with two attached hydrogens (primary N) is 1. The Morgan fingerprint density at radius 3 is 2.52 bits per heavy atom. The summed E-state index contributed by atoms with van der Waals surface area (Å²) in [7, 11) is 0. The number of hydrogen-bond acceptors (Lipinski definition) is 2. The average molecular weight is 360 g/mol. The number of anilines is 1. The van der Waals surface area contributed by atoms with Crippen molar-refractivity contribution in [1.29, 1.82) is 0 Å². The Morgan fingerprint density at radius 1 is 1.30 bits per heavy atom. The lowest BCUT2D eigenvalue weighted by molar-refractivity contribution is -0.117. The molecule has 130 valence electrons. The first-order valence-corrected chi connectivity index (χ1v) is 8.75. The summed E-state index contributed by atoms with van der Waals surface area (Å²) in [5.74, 6) is 0.143. The van der Waals surface area contributed by atoms with Crippen molar-refractivity contribution in [1.82, 2.24) is 0 Å². The van der Waals surface area contributed by atoms with Crippen molar-refractivity contribution in [2.24, 2.45) is 16.6 Å². The zero-order valence-corrected chi connectivity index (χ0v) is 15.8. The molecule has 0 saturated heterocycles. The highest BCUT2D eigenvalue weighted by atomic mass is 35.5. The summed E-state index contributed by atoms with van der Waals surface area (Å²) in [5, 5.41) is 4.20. The van der Waals surface area contributed by atoms with Crippen LogP contribution in [0.1, 0.15) is 47.0 Å². The van der Waals surface area contributed by atoms with Gasteiger partial charge in [-0.15, -0.1) is 0 Å². The largest absolute Gasteiger partial charge is 0.387 e. The number of amides is 1. The van der Waals surface area contributed by atoms with E-state index in [-0.39, 0.29) is 11.8 Å². The van der Waals surface area contributed by atoms with Gasteiger partial charge in [0, 0.05) is 24.6 Å². The second-order valence-electron chi connectivity index (χ2n) is 4.94. The molecule has 1 aromatic rings. The van der Waals surface area contributed by atoms with E-state index in [2.05, 4.69) is 10.3 Å². The minimum Gasteiger partial charge on any atom is -0.387 e. The number of nitrogens with one attached hydrogen (secondary N) is 1. The quantitative estimate of drug-likeness (QED) is 0.522. The lowest BCUT2D eigenvalue weighted by Gasteiger charge is -2.13. The Kier molecular flexibility index (Phi) is 11.5. The van der Waals surface area contributed by atoms with E-state index in [0.717, 1.165) is 18.5 Å². The van der Waals surface area contributed by atoms with Crippen LogP contribution in [0.15, 0.2) is 23.2 Å². The fraction of sp³-hybridized carbons (Fsp3) is 0.529. The Labute approximate surface area is 149 Å². The molecule has 0 aliphatic carbocycles. The highest BCUT2D eigenvalue weighted by molar-refractivity contribution is 6.42. The van der Waals surface area contributed by atoms with Crippen molar-refractivity contribution >= 4 is 40.6 Å². The summed E-state index contributed by atoms with van der Waals surface area (Å²) >= 11 is 11.8. The summed E-state index contributed by atoms with van der Waals surface area (Å²) < 4.78 is 0. The zero-order valence-electron chi connectivity index (χ0n) is 14.3. The van der Waals surface area contributed by atoms with Crippen molar-refractivity contribution in [2.75, 3.05) is 11.9 Å². The lowest BCUT2D eigenvalue weighted by atomic mass is 10.1. The minimum absolute atomic E-state index is 0.0509. The first kappa shape index (κ1) is 21.7. The van der Waals surface area contributed by atoms with Gasteiger partial charge >= 0.3 is 0 Å².